The number of carbonyl (C=O) groups is 2. The molecule has 1 aliphatic heterocycles. The molecule has 1 saturated carbocycles. The van der Waals surface area contributed by atoms with E-state index in [1.807, 2.05) is 30.3 Å². The van der Waals surface area contributed by atoms with Crippen LogP contribution in [0.5, 0.6) is 0 Å². The molecule has 0 unspecified atom stereocenters. The zero-order chi connectivity index (χ0) is 17.9. The molecule has 2 aliphatic rings. The van der Waals surface area contributed by atoms with Gasteiger partial charge < -0.3 is 4.90 Å². The number of carbonyl (C=O) groups excluding carboxylic acids is 2. The van der Waals surface area contributed by atoms with E-state index in [2.05, 4.69) is 10.0 Å². The van der Waals surface area contributed by atoms with Crippen LogP contribution in [0.4, 0.5) is 4.79 Å². The van der Waals surface area contributed by atoms with E-state index < -0.39 is 21.6 Å². The Morgan fingerprint density at radius 3 is 2.48 bits per heavy atom. The average molecular weight is 363 g/mol. The minimum atomic E-state index is -3.39. The number of benzene rings is 1. The largest absolute Gasteiger partial charge is 0.324 e. The van der Waals surface area contributed by atoms with E-state index in [0.717, 1.165) is 18.4 Å². The Balaban J connectivity index is 1.47. The first-order valence-corrected chi connectivity index (χ1v) is 9.86. The van der Waals surface area contributed by atoms with E-state index in [9.17, 15) is 18.0 Å². The molecule has 1 heterocycles. The van der Waals surface area contributed by atoms with E-state index in [-0.39, 0.29) is 18.2 Å². The highest BCUT2D eigenvalue weighted by Gasteiger charge is 2.46. The summed E-state index contributed by atoms with van der Waals surface area (Å²) >= 11 is 0. The number of sulfonamides is 1. The van der Waals surface area contributed by atoms with Crippen molar-refractivity contribution in [2.45, 2.75) is 24.8 Å². The molecule has 7 nitrogen and oxygen atoms in total. The topological polar surface area (TPSA) is 95.6 Å². The molecule has 3 amide bonds. The number of rotatable bonds is 8. The highest BCUT2D eigenvalue weighted by molar-refractivity contribution is 7.89. The summed E-state index contributed by atoms with van der Waals surface area (Å²) in [4.78, 5) is 23.8. The molecule has 1 aromatic rings. The van der Waals surface area contributed by atoms with Crippen LogP contribution >= 0.6 is 0 Å². The molecule has 134 valence electrons. The monoisotopic (exact) mass is 363 g/mol. The molecule has 1 aliphatic carbocycles. The lowest BCUT2D eigenvalue weighted by molar-refractivity contribution is -0.118. The van der Waals surface area contributed by atoms with Crippen LogP contribution in [0.25, 0.3) is 0 Å². The quantitative estimate of drug-likeness (QED) is 0.534. The molecule has 0 spiro atoms. The highest BCUT2D eigenvalue weighted by atomic mass is 32.2. The van der Waals surface area contributed by atoms with E-state index in [1.165, 1.54) is 4.90 Å². The summed E-state index contributed by atoms with van der Waals surface area (Å²) in [6, 6.07) is 9.20. The third-order valence-electron chi connectivity index (χ3n) is 4.34. The van der Waals surface area contributed by atoms with Gasteiger partial charge in [0, 0.05) is 6.54 Å². The second kappa shape index (κ2) is 6.97. The molecule has 0 aromatic heterocycles. The molecule has 2 N–H and O–H groups in total. The number of imide groups is 1. The van der Waals surface area contributed by atoms with E-state index in [0.29, 0.717) is 13.0 Å². The minimum absolute atomic E-state index is 0.0107. The van der Waals surface area contributed by atoms with Crippen LogP contribution in [0, 0.1) is 0 Å². The molecule has 0 bridgehead atoms. The fraction of sp³-hybridized carbons (Fsp3) is 0.412. The maximum absolute atomic E-state index is 12.3. The van der Waals surface area contributed by atoms with Crippen molar-refractivity contribution < 1.29 is 18.0 Å². The van der Waals surface area contributed by atoms with Crippen LogP contribution in [-0.2, 0) is 20.4 Å². The minimum Gasteiger partial charge on any atom is -0.311 e. The third-order valence-corrected chi connectivity index (χ3v) is 5.82. The van der Waals surface area contributed by atoms with Crippen molar-refractivity contribution in [2.24, 2.45) is 0 Å². The zero-order valence-electron chi connectivity index (χ0n) is 13.8. The molecule has 3 rings (SSSR count). The van der Waals surface area contributed by atoms with Crippen molar-refractivity contribution in [1.29, 1.82) is 0 Å². The van der Waals surface area contributed by atoms with Gasteiger partial charge in [-0.3, -0.25) is 10.1 Å². The maximum Gasteiger partial charge on any atom is 0.324 e. The molecule has 8 heteroatoms. The van der Waals surface area contributed by atoms with Crippen LogP contribution in [0.3, 0.4) is 0 Å². The maximum atomic E-state index is 12.3. The van der Waals surface area contributed by atoms with Crippen LogP contribution in [0.1, 0.15) is 24.8 Å². The smallest absolute Gasteiger partial charge is 0.311 e. The normalized spacial score (nSPS) is 19.4. The number of allylic oxidation sites excluding steroid dienone is 1. The van der Waals surface area contributed by atoms with Crippen LogP contribution in [0.15, 0.2) is 42.5 Å². The van der Waals surface area contributed by atoms with E-state index >= 15 is 0 Å². The molecular formula is C17H21N3O4S. The van der Waals surface area contributed by atoms with Gasteiger partial charge >= 0.3 is 6.03 Å². The van der Waals surface area contributed by atoms with Gasteiger partial charge in [-0.25, -0.2) is 17.9 Å². The lowest BCUT2D eigenvalue weighted by Crippen LogP contribution is -2.36. The second-order valence-corrected chi connectivity index (χ2v) is 8.20. The van der Waals surface area contributed by atoms with Gasteiger partial charge in [0.1, 0.15) is 6.54 Å². The Kier molecular flexibility index (Phi) is 4.91. The van der Waals surface area contributed by atoms with Crippen molar-refractivity contribution in [2.75, 3.05) is 18.8 Å². The molecule has 0 radical (unpaired) electrons. The third kappa shape index (κ3) is 4.46. The second-order valence-electron chi connectivity index (χ2n) is 6.36. The van der Waals surface area contributed by atoms with Crippen LogP contribution < -0.4 is 10.0 Å². The van der Waals surface area contributed by atoms with Crippen molar-refractivity contribution >= 4 is 22.0 Å². The number of nitrogens with zero attached hydrogens (tertiary/aromatic N) is 1. The SMILES string of the molecule is O=C1CN(C/C=C/CCS(=O)(=O)NC2(c3ccccc3)CC2)C(=O)N1. The summed E-state index contributed by atoms with van der Waals surface area (Å²) < 4.78 is 27.4. The van der Waals surface area contributed by atoms with Gasteiger partial charge in [0.05, 0.1) is 11.3 Å². The van der Waals surface area contributed by atoms with Gasteiger partial charge in [-0.2, -0.15) is 0 Å². The van der Waals surface area contributed by atoms with E-state index in [1.54, 1.807) is 12.2 Å². The predicted molar refractivity (Wildman–Crippen MR) is 93.1 cm³/mol. The number of amides is 3. The van der Waals surface area contributed by atoms with Crippen molar-refractivity contribution in [1.82, 2.24) is 14.9 Å². The Labute approximate surface area is 147 Å². The first-order chi connectivity index (χ1) is 11.9. The Morgan fingerprint density at radius 1 is 1.16 bits per heavy atom. The van der Waals surface area contributed by atoms with Gasteiger partial charge in [0.25, 0.3) is 0 Å². The van der Waals surface area contributed by atoms with Crippen LogP contribution in [-0.4, -0.2) is 44.1 Å². The molecule has 0 atom stereocenters. The zero-order valence-corrected chi connectivity index (χ0v) is 14.6. The fourth-order valence-corrected chi connectivity index (χ4v) is 4.32. The summed E-state index contributed by atoms with van der Waals surface area (Å²) in [5, 5.41) is 2.19. The number of urea groups is 1. The van der Waals surface area contributed by atoms with Crippen molar-refractivity contribution in [3.05, 3.63) is 48.0 Å². The van der Waals surface area contributed by atoms with Crippen molar-refractivity contribution in [3.8, 4) is 0 Å². The first kappa shape index (κ1) is 17.6. The summed E-state index contributed by atoms with van der Waals surface area (Å²) in [6.07, 6.45) is 5.40. The summed E-state index contributed by atoms with van der Waals surface area (Å²) in [6.45, 7) is 0.335. The summed E-state index contributed by atoms with van der Waals surface area (Å²) in [5.41, 5.74) is 0.552. The molecule has 2 fully saturated rings. The average Bonchev–Trinajstić information content (AvgIpc) is 3.26. The Morgan fingerprint density at radius 2 is 1.88 bits per heavy atom. The lowest BCUT2D eigenvalue weighted by atomic mass is 10.1. The molecule has 25 heavy (non-hydrogen) atoms. The number of nitrogens with one attached hydrogen (secondary N) is 2. The van der Waals surface area contributed by atoms with Gasteiger partial charge in [0.2, 0.25) is 15.9 Å². The van der Waals surface area contributed by atoms with E-state index in [4.69, 9.17) is 0 Å². The predicted octanol–water partition coefficient (Wildman–Crippen LogP) is 1.09. The number of hydrogen-bond acceptors (Lipinski definition) is 4. The Hall–Kier alpha value is -2.19. The Bertz CT molecular complexity index is 785. The van der Waals surface area contributed by atoms with Crippen LogP contribution in [0.2, 0.25) is 0 Å². The van der Waals surface area contributed by atoms with Gasteiger partial charge in [-0.15, -0.1) is 0 Å². The highest BCUT2D eigenvalue weighted by Crippen LogP contribution is 2.45. The van der Waals surface area contributed by atoms with Gasteiger partial charge in [0.15, 0.2) is 0 Å². The lowest BCUT2D eigenvalue weighted by Gasteiger charge is -2.17. The molecule has 1 saturated heterocycles. The van der Waals surface area contributed by atoms with Crippen molar-refractivity contribution in [3.63, 3.8) is 0 Å². The molecule has 1 aromatic carbocycles. The summed E-state index contributed by atoms with van der Waals surface area (Å²) in [5.74, 6) is -0.329. The van der Waals surface area contributed by atoms with Gasteiger partial charge in [-0.1, -0.05) is 42.5 Å². The van der Waals surface area contributed by atoms with Gasteiger partial charge in [-0.05, 0) is 24.8 Å². The first-order valence-electron chi connectivity index (χ1n) is 8.21. The molecular weight excluding hydrogens is 342 g/mol. The summed E-state index contributed by atoms with van der Waals surface area (Å²) in [7, 11) is -3.39. The fourth-order valence-electron chi connectivity index (χ4n) is 2.85. The standard InChI is InChI=1S/C17H21N3O4S/c21-15-13-20(16(22)18-15)11-5-2-6-12-25(23,24)19-17(9-10-17)14-7-3-1-4-8-14/h1-5,7-8,19H,6,9-13H2,(H,18,21,22)/b5-2+. The number of hydrogen-bond donors (Lipinski definition) is 2.